The molecule has 0 bridgehead atoms. The van der Waals surface area contributed by atoms with Crippen LogP contribution in [0.15, 0.2) is 24.3 Å². The topological polar surface area (TPSA) is 64.3 Å². The van der Waals surface area contributed by atoms with Crippen molar-refractivity contribution in [3.63, 3.8) is 0 Å². The molecule has 16 heavy (non-hydrogen) atoms. The predicted molar refractivity (Wildman–Crippen MR) is 63.8 cm³/mol. The summed E-state index contributed by atoms with van der Waals surface area (Å²) in [6, 6.07) is 7.67. The molecular weight excluding hydrogens is 204 g/mol. The van der Waals surface area contributed by atoms with Crippen LogP contribution in [0.3, 0.4) is 0 Å². The molecule has 0 spiro atoms. The Morgan fingerprint density at radius 1 is 1.50 bits per heavy atom. The van der Waals surface area contributed by atoms with Crippen LogP contribution in [0.1, 0.15) is 18.9 Å². The highest BCUT2D eigenvalue weighted by Crippen LogP contribution is 2.05. The first-order chi connectivity index (χ1) is 7.72. The standard InChI is InChI=1S/C12H18N2O2/c1-2-16-12(15)6-7-14-9-10-4-3-5-11(13)8-10/h3-5,8,14H,2,6-7,9,13H2,1H3. The number of benzene rings is 1. The number of nitrogen functional groups attached to an aromatic ring is 1. The molecule has 0 saturated carbocycles. The molecule has 1 rings (SSSR count). The van der Waals surface area contributed by atoms with Gasteiger partial charge in [-0.15, -0.1) is 0 Å². The van der Waals surface area contributed by atoms with Gasteiger partial charge in [-0.1, -0.05) is 12.1 Å². The zero-order valence-electron chi connectivity index (χ0n) is 9.53. The molecule has 88 valence electrons. The van der Waals surface area contributed by atoms with Crippen molar-refractivity contribution in [1.82, 2.24) is 5.32 Å². The molecule has 4 nitrogen and oxygen atoms in total. The summed E-state index contributed by atoms with van der Waals surface area (Å²) in [7, 11) is 0. The fraction of sp³-hybridized carbons (Fsp3) is 0.417. The van der Waals surface area contributed by atoms with Gasteiger partial charge in [0, 0.05) is 18.8 Å². The third-order valence-electron chi connectivity index (χ3n) is 2.09. The molecule has 4 heteroatoms. The normalized spacial score (nSPS) is 10.1. The molecule has 3 N–H and O–H groups in total. The molecule has 0 aliphatic rings. The molecule has 0 saturated heterocycles. The molecule has 0 aliphatic heterocycles. The average Bonchev–Trinajstić information content (AvgIpc) is 2.25. The lowest BCUT2D eigenvalue weighted by Gasteiger charge is -2.05. The van der Waals surface area contributed by atoms with E-state index >= 15 is 0 Å². The lowest BCUT2D eigenvalue weighted by molar-refractivity contribution is -0.142. The van der Waals surface area contributed by atoms with Crippen LogP contribution >= 0.6 is 0 Å². The van der Waals surface area contributed by atoms with E-state index in [0.717, 1.165) is 11.3 Å². The largest absolute Gasteiger partial charge is 0.466 e. The number of hydrogen-bond acceptors (Lipinski definition) is 4. The van der Waals surface area contributed by atoms with Gasteiger partial charge in [0.05, 0.1) is 13.0 Å². The van der Waals surface area contributed by atoms with Crippen molar-refractivity contribution in [2.24, 2.45) is 0 Å². The summed E-state index contributed by atoms with van der Waals surface area (Å²) in [5.41, 5.74) is 7.52. The summed E-state index contributed by atoms with van der Waals surface area (Å²) in [6.45, 7) is 3.57. The number of ether oxygens (including phenoxy) is 1. The Morgan fingerprint density at radius 3 is 3.00 bits per heavy atom. The number of anilines is 1. The summed E-state index contributed by atoms with van der Waals surface area (Å²) in [4.78, 5) is 11.0. The van der Waals surface area contributed by atoms with Crippen molar-refractivity contribution < 1.29 is 9.53 Å². The maximum Gasteiger partial charge on any atom is 0.307 e. The number of rotatable bonds is 6. The molecule has 0 aromatic heterocycles. The van der Waals surface area contributed by atoms with Crippen LogP contribution in [-0.2, 0) is 16.1 Å². The van der Waals surface area contributed by atoms with Crippen LogP contribution in [0.2, 0.25) is 0 Å². The van der Waals surface area contributed by atoms with Crippen molar-refractivity contribution in [1.29, 1.82) is 0 Å². The Labute approximate surface area is 95.8 Å². The highest BCUT2D eigenvalue weighted by atomic mass is 16.5. The van der Waals surface area contributed by atoms with Crippen molar-refractivity contribution in [2.45, 2.75) is 19.9 Å². The van der Waals surface area contributed by atoms with Gasteiger partial charge in [0.2, 0.25) is 0 Å². The van der Waals surface area contributed by atoms with Crippen LogP contribution < -0.4 is 11.1 Å². The minimum Gasteiger partial charge on any atom is -0.466 e. The molecule has 0 radical (unpaired) electrons. The van der Waals surface area contributed by atoms with Crippen molar-refractivity contribution in [3.8, 4) is 0 Å². The predicted octanol–water partition coefficient (Wildman–Crippen LogP) is 1.31. The Hall–Kier alpha value is -1.55. The summed E-state index contributed by atoms with van der Waals surface area (Å²) in [6.07, 6.45) is 0.399. The monoisotopic (exact) mass is 222 g/mol. The zero-order valence-corrected chi connectivity index (χ0v) is 9.53. The van der Waals surface area contributed by atoms with E-state index in [2.05, 4.69) is 5.32 Å². The number of hydrogen-bond donors (Lipinski definition) is 2. The molecule has 1 aromatic rings. The second kappa shape index (κ2) is 6.85. The number of carbonyl (C=O) groups is 1. The van der Waals surface area contributed by atoms with E-state index in [0.29, 0.717) is 26.1 Å². The number of esters is 1. The van der Waals surface area contributed by atoms with Gasteiger partial charge in [0.25, 0.3) is 0 Å². The van der Waals surface area contributed by atoms with Crippen LogP contribution in [0.5, 0.6) is 0 Å². The van der Waals surface area contributed by atoms with E-state index in [-0.39, 0.29) is 5.97 Å². The molecule has 0 fully saturated rings. The molecular formula is C12H18N2O2. The van der Waals surface area contributed by atoms with Gasteiger partial charge in [0.1, 0.15) is 0 Å². The number of nitrogens with two attached hydrogens (primary N) is 1. The van der Waals surface area contributed by atoms with Crippen molar-refractivity contribution in [2.75, 3.05) is 18.9 Å². The number of carbonyl (C=O) groups excluding carboxylic acids is 1. The second-order valence-corrected chi connectivity index (χ2v) is 3.48. The minimum atomic E-state index is -0.164. The fourth-order valence-corrected chi connectivity index (χ4v) is 1.36. The Kier molecular flexibility index (Phi) is 5.36. The van der Waals surface area contributed by atoms with E-state index in [1.807, 2.05) is 24.3 Å². The lowest BCUT2D eigenvalue weighted by atomic mass is 10.2. The van der Waals surface area contributed by atoms with E-state index in [4.69, 9.17) is 10.5 Å². The zero-order chi connectivity index (χ0) is 11.8. The maximum atomic E-state index is 11.0. The van der Waals surface area contributed by atoms with Crippen molar-refractivity contribution >= 4 is 11.7 Å². The van der Waals surface area contributed by atoms with Crippen LogP contribution in [0.25, 0.3) is 0 Å². The van der Waals surface area contributed by atoms with Gasteiger partial charge in [0.15, 0.2) is 0 Å². The molecule has 0 amide bonds. The van der Waals surface area contributed by atoms with Crippen LogP contribution in [-0.4, -0.2) is 19.1 Å². The second-order valence-electron chi connectivity index (χ2n) is 3.48. The quantitative estimate of drug-likeness (QED) is 0.433. The van der Waals surface area contributed by atoms with Gasteiger partial charge >= 0.3 is 5.97 Å². The van der Waals surface area contributed by atoms with Crippen molar-refractivity contribution in [3.05, 3.63) is 29.8 Å². The van der Waals surface area contributed by atoms with Gasteiger partial charge in [-0.25, -0.2) is 0 Å². The van der Waals surface area contributed by atoms with E-state index in [9.17, 15) is 4.79 Å². The summed E-state index contributed by atoms with van der Waals surface area (Å²) in [5, 5.41) is 3.16. The number of nitrogens with one attached hydrogen (secondary N) is 1. The third kappa shape index (κ3) is 4.79. The van der Waals surface area contributed by atoms with E-state index < -0.39 is 0 Å². The smallest absolute Gasteiger partial charge is 0.307 e. The first-order valence-electron chi connectivity index (χ1n) is 5.43. The maximum absolute atomic E-state index is 11.0. The molecule has 0 unspecified atom stereocenters. The molecule has 1 aromatic carbocycles. The average molecular weight is 222 g/mol. The van der Waals surface area contributed by atoms with Crippen LogP contribution in [0.4, 0.5) is 5.69 Å². The summed E-state index contributed by atoms with van der Waals surface area (Å²) >= 11 is 0. The molecule has 0 heterocycles. The van der Waals surface area contributed by atoms with Gasteiger partial charge < -0.3 is 15.8 Å². The minimum absolute atomic E-state index is 0.164. The molecule has 0 aliphatic carbocycles. The van der Waals surface area contributed by atoms with Gasteiger partial charge in [-0.2, -0.15) is 0 Å². The van der Waals surface area contributed by atoms with E-state index in [1.54, 1.807) is 6.92 Å². The lowest BCUT2D eigenvalue weighted by Crippen LogP contribution is -2.19. The first kappa shape index (κ1) is 12.5. The van der Waals surface area contributed by atoms with Gasteiger partial charge in [-0.05, 0) is 24.6 Å². The van der Waals surface area contributed by atoms with Gasteiger partial charge in [-0.3, -0.25) is 4.79 Å². The third-order valence-corrected chi connectivity index (χ3v) is 2.09. The Balaban J connectivity index is 2.18. The highest BCUT2D eigenvalue weighted by molar-refractivity contribution is 5.69. The SMILES string of the molecule is CCOC(=O)CCNCc1cccc(N)c1. The van der Waals surface area contributed by atoms with Crippen LogP contribution in [0, 0.1) is 0 Å². The summed E-state index contributed by atoms with van der Waals surface area (Å²) < 4.78 is 4.81. The van der Waals surface area contributed by atoms with E-state index in [1.165, 1.54) is 0 Å². The Bertz CT molecular complexity index is 340. The Morgan fingerprint density at radius 2 is 2.31 bits per heavy atom. The fourth-order valence-electron chi connectivity index (χ4n) is 1.36. The summed E-state index contributed by atoms with van der Waals surface area (Å²) in [5.74, 6) is -0.164. The highest BCUT2D eigenvalue weighted by Gasteiger charge is 2.00. The molecule has 0 atom stereocenters. The first-order valence-corrected chi connectivity index (χ1v) is 5.43.